The number of nitrogens with two attached hydrogens (primary N) is 1. The second-order valence-corrected chi connectivity index (χ2v) is 4.65. The monoisotopic (exact) mass is 271 g/mol. The van der Waals surface area contributed by atoms with Crippen molar-refractivity contribution in [3.8, 4) is 0 Å². The topological polar surface area (TPSA) is 35.2 Å². The van der Waals surface area contributed by atoms with E-state index in [1.807, 2.05) is 17.5 Å². The average Bonchev–Trinajstić information content (AvgIpc) is 2.69. The van der Waals surface area contributed by atoms with Crippen molar-refractivity contribution in [3.05, 3.63) is 22.4 Å². The van der Waals surface area contributed by atoms with Crippen LogP contribution in [-0.2, 0) is 11.2 Å². The van der Waals surface area contributed by atoms with Gasteiger partial charge in [-0.1, -0.05) is 6.07 Å². The van der Waals surface area contributed by atoms with E-state index in [1.54, 1.807) is 0 Å². The van der Waals surface area contributed by atoms with Crippen LogP contribution >= 0.6 is 11.3 Å². The standard InChI is InChI=1S/C10H13F4NOS/c11-9(12)10(13,14)6-16-5-7(15)4-8-2-1-3-17-8/h1-3,7,9H,4-6,15H2. The third-order valence-electron chi connectivity index (χ3n) is 1.99. The molecule has 0 aromatic carbocycles. The van der Waals surface area contributed by atoms with E-state index < -0.39 is 25.0 Å². The predicted octanol–water partition coefficient (Wildman–Crippen LogP) is 2.53. The second kappa shape index (κ2) is 6.32. The zero-order valence-corrected chi connectivity index (χ0v) is 9.73. The molecule has 0 spiro atoms. The molecule has 1 unspecified atom stereocenters. The highest BCUT2D eigenvalue weighted by Crippen LogP contribution is 2.22. The molecular weight excluding hydrogens is 258 g/mol. The first-order valence-electron chi connectivity index (χ1n) is 4.93. The summed E-state index contributed by atoms with van der Waals surface area (Å²) in [7, 11) is 0. The SMILES string of the molecule is NC(COCC(F)(F)C(F)F)Cc1cccs1. The average molecular weight is 271 g/mol. The molecule has 0 saturated carbocycles. The highest BCUT2D eigenvalue weighted by atomic mass is 32.1. The number of rotatable bonds is 7. The number of hydrogen-bond donors (Lipinski definition) is 1. The molecule has 0 radical (unpaired) electrons. The molecule has 0 aliphatic carbocycles. The molecule has 2 nitrogen and oxygen atoms in total. The van der Waals surface area contributed by atoms with Crippen molar-refractivity contribution < 1.29 is 22.3 Å². The van der Waals surface area contributed by atoms with Crippen LogP contribution in [0.4, 0.5) is 17.6 Å². The summed E-state index contributed by atoms with van der Waals surface area (Å²) in [4.78, 5) is 1.00. The van der Waals surface area contributed by atoms with Crippen molar-refractivity contribution >= 4 is 11.3 Å². The van der Waals surface area contributed by atoms with Crippen LogP contribution in [0.1, 0.15) is 4.88 Å². The van der Waals surface area contributed by atoms with Crippen molar-refractivity contribution in [1.29, 1.82) is 0 Å². The summed E-state index contributed by atoms with van der Waals surface area (Å²) in [6.07, 6.45) is -3.23. The molecule has 17 heavy (non-hydrogen) atoms. The third kappa shape index (κ3) is 5.01. The Morgan fingerprint density at radius 2 is 2.12 bits per heavy atom. The molecule has 0 aliphatic heterocycles. The van der Waals surface area contributed by atoms with Crippen LogP contribution in [0.3, 0.4) is 0 Å². The molecule has 0 saturated heterocycles. The van der Waals surface area contributed by atoms with Gasteiger partial charge in [0.25, 0.3) is 0 Å². The van der Waals surface area contributed by atoms with Crippen molar-refractivity contribution in [3.63, 3.8) is 0 Å². The van der Waals surface area contributed by atoms with Crippen LogP contribution in [0.25, 0.3) is 0 Å². The summed E-state index contributed by atoms with van der Waals surface area (Å²) < 4.78 is 53.0. The normalized spacial score (nSPS) is 14.2. The molecule has 7 heteroatoms. The Balaban J connectivity index is 2.22. The number of thiophene rings is 1. The molecule has 2 N–H and O–H groups in total. The molecule has 0 fully saturated rings. The van der Waals surface area contributed by atoms with Gasteiger partial charge in [0.2, 0.25) is 0 Å². The Morgan fingerprint density at radius 3 is 2.65 bits per heavy atom. The van der Waals surface area contributed by atoms with Crippen molar-refractivity contribution in [2.24, 2.45) is 5.73 Å². The highest BCUT2D eigenvalue weighted by Gasteiger charge is 2.40. The summed E-state index contributed by atoms with van der Waals surface area (Å²) in [6, 6.07) is 3.23. The van der Waals surface area contributed by atoms with Gasteiger partial charge in [-0.25, -0.2) is 8.78 Å². The molecule has 0 amide bonds. The van der Waals surface area contributed by atoms with Crippen LogP contribution in [0.5, 0.6) is 0 Å². The first kappa shape index (κ1) is 14.4. The van der Waals surface area contributed by atoms with E-state index in [2.05, 4.69) is 4.74 Å². The van der Waals surface area contributed by atoms with Gasteiger partial charge in [-0.15, -0.1) is 11.3 Å². The lowest BCUT2D eigenvalue weighted by Crippen LogP contribution is -2.36. The van der Waals surface area contributed by atoms with Crippen molar-refractivity contribution in [2.45, 2.75) is 24.8 Å². The van der Waals surface area contributed by atoms with Gasteiger partial charge in [0.05, 0.1) is 6.61 Å². The van der Waals surface area contributed by atoms with Crippen LogP contribution in [-0.4, -0.2) is 31.6 Å². The van der Waals surface area contributed by atoms with Gasteiger partial charge < -0.3 is 10.5 Å². The molecule has 98 valence electrons. The number of hydrogen-bond acceptors (Lipinski definition) is 3. The van der Waals surface area contributed by atoms with Gasteiger partial charge in [-0.2, -0.15) is 8.78 Å². The number of ether oxygens (including phenoxy) is 1. The minimum absolute atomic E-state index is 0.166. The predicted molar refractivity (Wildman–Crippen MR) is 57.8 cm³/mol. The van der Waals surface area contributed by atoms with Gasteiger partial charge in [0.15, 0.2) is 0 Å². The summed E-state index contributed by atoms with van der Waals surface area (Å²) in [6.45, 7) is -1.47. The first-order valence-corrected chi connectivity index (χ1v) is 5.81. The lowest BCUT2D eigenvalue weighted by Gasteiger charge is -2.17. The van der Waals surface area contributed by atoms with E-state index in [0.717, 1.165) is 4.88 Å². The van der Waals surface area contributed by atoms with Crippen LogP contribution in [0, 0.1) is 0 Å². The summed E-state index contributed by atoms with van der Waals surface area (Å²) in [5, 5.41) is 1.87. The Labute approximate surface area is 100 Å². The number of halogens is 4. The maximum Gasteiger partial charge on any atom is 0.330 e. The Kier molecular flexibility index (Phi) is 5.35. The van der Waals surface area contributed by atoms with Gasteiger partial charge in [-0.3, -0.25) is 0 Å². The molecule has 0 aliphatic rings. The molecule has 1 heterocycles. The number of alkyl halides is 4. The zero-order valence-electron chi connectivity index (χ0n) is 8.91. The summed E-state index contributed by atoms with van der Waals surface area (Å²) in [5.41, 5.74) is 5.62. The molecule has 1 aromatic rings. The van der Waals surface area contributed by atoms with E-state index >= 15 is 0 Å². The zero-order chi connectivity index (χ0) is 12.9. The smallest absolute Gasteiger partial charge is 0.330 e. The van der Waals surface area contributed by atoms with E-state index in [-0.39, 0.29) is 6.61 Å². The van der Waals surface area contributed by atoms with E-state index in [0.29, 0.717) is 6.42 Å². The molecule has 1 aromatic heterocycles. The lowest BCUT2D eigenvalue weighted by molar-refractivity contribution is -0.166. The fourth-order valence-electron chi connectivity index (χ4n) is 1.16. The van der Waals surface area contributed by atoms with Gasteiger partial charge in [-0.05, 0) is 17.9 Å². The maximum atomic E-state index is 12.5. The summed E-state index contributed by atoms with van der Waals surface area (Å²) in [5.74, 6) is -4.11. The molecule has 0 bridgehead atoms. The minimum Gasteiger partial charge on any atom is -0.373 e. The fraction of sp³-hybridized carbons (Fsp3) is 0.600. The van der Waals surface area contributed by atoms with Gasteiger partial charge in [0, 0.05) is 10.9 Å². The van der Waals surface area contributed by atoms with E-state index in [4.69, 9.17) is 5.73 Å². The Bertz CT molecular complexity index is 318. The molecule has 1 atom stereocenters. The lowest BCUT2D eigenvalue weighted by atomic mass is 10.2. The van der Waals surface area contributed by atoms with Crippen molar-refractivity contribution in [2.75, 3.05) is 13.2 Å². The van der Waals surface area contributed by atoms with Crippen LogP contribution < -0.4 is 5.73 Å². The second-order valence-electron chi connectivity index (χ2n) is 3.62. The van der Waals surface area contributed by atoms with Gasteiger partial charge >= 0.3 is 12.3 Å². The minimum atomic E-state index is -4.11. The quantitative estimate of drug-likeness (QED) is 0.773. The fourth-order valence-corrected chi connectivity index (χ4v) is 1.95. The highest BCUT2D eigenvalue weighted by molar-refractivity contribution is 7.09. The maximum absolute atomic E-state index is 12.5. The van der Waals surface area contributed by atoms with Crippen LogP contribution in [0.15, 0.2) is 17.5 Å². The van der Waals surface area contributed by atoms with E-state index in [1.165, 1.54) is 11.3 Å². The van der Waals surface area contributed by atoms with E-state index in [9.17, 15) is 17.6 Å². The summed E-state index contributed by atoms with van der Waals surface area (Å²) >= 11 is 1.49. The third-order valence-corrected chi connectivity index (χ3v) is 2.89. The Morgan fingerprint density at radius 1 is 1.41 bits per heavy atom. The van der Waals surface area contributed by atoms with Gasteiger partial charge in [0.1, 0.15) is 6.61 Å². The van der Waals surface area contributed by atoms with Crippen molar-refractivity contribution in [1.82, 2.24) is 0 Å². The first-order chi connectivity index (χ1) is 7.92. The molecular formula is C10H13F4NOS. The molecule has 1 rings (SSSR count). The van der Waals surface area contributed by atoms with Crippen LogP contribution in [0.2, 0.25) is 0 Å². The largest absolute Gasteiger partial charge is 0.373 e. The Hall–Kier alpha value is -0.660.